The minimum Gasteiger partial charge on any atom is -0.388 e. The monoisotopic (exact) mass is 1960 g/mol. The average Bonchev–Trinajstić information content (AvgIpc) is 4.31. The molecule has 0 bridgehead atoms. The average molecular weight is 1960 g/mol. The second-order valence-electron chi connectivity index (χ2n) is 16.7. The first-order valence-electron chi connectivity index (χ1n) is 24.9. The molecular weight excluding hydrogens is 1890 g/mol. The quantitative estimate of drug-likeness (QED) is 0.0699. The Morgan fingerprint density at radius 3 is 1.51 bits per heavy atom. The minimum absolute atomic E-state index is 0. The molecule has 4 aromatic carbocycles. The van der Waals surface area contributed by atoms with Crippen LogP contribution in [-0.4, -0.2) is 58.9 Å². The molecule has 0 fully saturated rings. The fraction of sp³-hybridized carbons (Fsp3) is 0.271. The van der Waals surface area contributed by atoms with Crippen LogP contribution in [0.25, 0.3) is 28.4 Å². The van der Waals surface area contributed by atoms with Gasteiger partial charge in [0.05, 0.1) is 6.67 Å². The van der Waals surface area contributed by atoms with Gasteiger partial charge in [0.1, 0.15) is 12.7 Å². The third-order valence-electron chi connectivity index (χ3n) is 11.4. The van der Waals surface area contributed by atoms with Gasteiger partial charge in [-0.2, -0.15) is 96.3 Å². The van der Waals surface area contributed by atoms with Crippen molar-refractivity contribution >= 4 is 0 Å². The van der Waals surface area contributed by atoms with E-state index in [2.05, 4.69) is 124 Å². The summed E-state index contributed by atoms with van der Waals surface area (Å²) >= 11 is 0. The van der Waals surface area contributed by atoms with Crippen LogP contribution >= 0.6 is 0 Å². The topological polar surface area (TPSA) is 115 Å². The van der Waals surface area contributed by atoms with Gasteiger partial charge in [-0.25, -0.2) is 14.1 Å². The van der Waals surface area contributed by atoms with Gasteiger partial charge < -0.3 is 4.98 Å². The summed E-state index contributed by atoms with van der Waals surface area (Å²) in [5.74, 6) is -1.22. The second-order valence-corrected chi connectivity index (χ2v) is 16.7. The van der Waals surface area contributed by atoms with Crippen molar-refractivity contribution in [1.29, 1.82) is 0 Å². The molecule has 5 radical (unpaired) electrons. The van der Waals surface area contributed by atoms with E-state index in [1.807, 2.05) is 69.0 Å². The summed E-state index contributed by atoms with van der Waals surface area (Å²) in [6, 6.07) is 40.5. The smallest absolute Gasteiger partial charge is 0.138 e. The van der Waals surface area contributed by atoms with Crippen LogP contribution in [0.5, 0.6) is 0 Å². The molecule has 10 rings (SSSR count). The van der Waals surface area contributed by atoms with E-state index in [0.29, 0.717) is 23.2 Å². The number of hydrogen-bond donors (Lipinski definition) is 0. The Bertz CT molecular complexity index is 3030. The predicted molar refractivity (Wildman–Crippen MR) is 282 cm³/mol. The maximum absolute atomic E-state index is 13.4. The summed E-state index contributed by atoms with van der Waals surface area (Å²) < 4.78 is 47.1. The van der Waals surface area contributed by atoms with Crippen LogP contribution in [0.4, 0.5) is 13.2 Å². The van der Waals surface area contributed by atoms with Crippen molar-refractivity contribution in [1.82, 2.24) is 58.9 Å². The molecule has 0 saturated heterocycles. The summed E-state index contributed by atoms with van der Waals surface area (Å²) in [5.41, 5.74) is 9.63. The van der Waals surface area contributed by atoms with Crippen LogP contribution in [0.15, 0.2) is 153 Å². The molecule has 12 nitrogen and oxygen atoms in total. The molecule has 0 saturated carbocycles. The van der Waals surface area contributed by atoms with Gasteiger partial charge in [0.2, 0.25) is 0 Å². The predicted octanol–water partition coefficient (Wildman–Crippen LogP) is 12.8. The van der Waals surface area contributed by atoms with E-state index in [-0.39, 0.29) is 106 Å². The van der Waals surface area contributed by atoms with Gasteiger partial charge in [0, 0.05) is 162 Å². The summed E-state index contributed by atoms with van der Waals surface area (Å²) in [4.78, 5) is 7.62. The number of nitrogens with zero attached hydrogens (tertiary/aromatic N) is 12. The van der Waals surface area contributed by atoms with Gasteiger partial charge in [-0.05, 0) is 52.7 Å². The molecule has 0 N–H and O–H groups in total. The van der Waals surface area contributed by atoms with Crippen LogP contribution in [-0.2, 0) is 133 Å². The van der Waals surface area contributed by atoms with Crippen LogP contribution in [0.1, 0.15) is 99.6 Å². The number of hydrogen-bond acceptors (Lipinski definition) is 7. The van der Waals surface area contributed by atoms with Gasteiger partial charge in [0.15, 0.2) is 0 Å². The number of unbranched alkanes of at least 4 members (excludes halogenated alkanes) is 5. The first-order chi connectivity index (χ1) is 36.2. The Labute approximate surface area is 530 Å². The van der Waals surface area contributed by atoms with E-state index < -0.39 is 18.3 Å². The van der Waals surface area contributed by atoms with Crippen molar-refractivity contribution in [2.24, 2.45) is 0 Å². The Morgan fingerprint density at radius 2 is 0.987 bits per heavy atom. The third kappa shape index (κ3) is 23.6. The summed E-state index contributed by atoms with van der Waals surface area (Å²) in [7, 11) is 0. The summed E-state index contributed by atoms with van der Waals surface area (Å²) in [6.07, 6.45) is 31.8. The summed E-state index contributed by atoms with van der Waals surface area (Å²) in [5, 5.41) is 20.3. The molecular formula is C59H62F3Ir5N12-5. The fourth-order valence-corrected chi connectivity index (χ4v) is 7.35. The van der Waals surface area contributed by atoms with Gasteiger partial charge in [-0.1, -0.05) is 111 Å². The number of alkyl halides is 1. The Morgan fingerprint density at radius 1 is 0.456 bits per heavy atom. The molecule has 0 aliphatic rings. The van der Waals surface area contributed by atoms with Gasteiger partial charge >= 0.3 is 0 Å². The standard InChI is InChI=1S/C17H23N2.C12H13N2.C11H9F2N2.C11H11N2.C8H6FN4.5Ir/c1-2-3-4-5-6-7-10-16-11-8-12-17(15-16)19-14-9-13-18-19;1-3-11-9-12(6-5-10(11)2)14-8-4-7-13-14;1-2-8-6-11(10(13)7-9(8)12)15-5-3-4-14-15;1-2-10-5-3-6-11(9-10)13-8-4-7-12-13;9-2-7-1-8(4-10-3-7)13-6-11-5-12-13;;;;;/h8-9,11-14H,2-7,10H2,1H3;4-8H,3H2,1-2H3;3-5,7H,2H2,1H3;3-8H,2H2,1H3;3-6H,2H2;;;;;/q5*-1;;;;;. The van der Waals surface area contributed by atoms with E-state index in [4.69, 9.17) is 0 Å². The maximum Gasteiger partial charge on any atom is 0.138 e. The van der Waals surface area contributed by atoms with Gasteiger partial charge in [0.25, 0.3) is 0 Å². The van der Waals surface area contributed by atoms with Crippen molar-refractivity contribution in [2.75, 3.05) is 0 Å². The minimum atomic E-state index is -0.659. The molecule has 0 spiro atoms. The molecule has 429 valence electrons. The number of aromatic nitrogens is 12. The first kappa shape index (κ1) is 72.1. The number of benzene rings is 4. The van der Waals surface area contributed by atoms with Crippen molar-refractivity contribution in [2.45, 2.75) is 106 Å². The van der Waals surface area contributed by atoms with E-state index in [9.17, 15) is 13.2 Å². The molecule has 6 heterocycles. The Balaban J connectivity index is 0.000000489. The van der Waals surface area contributed by atoms with Crippen molar-refractivity contribution in [3.8, 4) is 28.4 Å². The number of rotatable bonds is 16. The number of pyridine rings is 1. The first-order valence-corrected chi connectivity index (χ1v) is 24.9. The van der Waals surface area contributed by atoms with E-state index in [0.717, 1.165) is 42.4 Å². The van der Waals surface area contributed by atoms with Crippen molar-refractivity contribution in [3.63, 3.8) is 0 Å². The number of aryl methyl sites for hydroxylation is 5. The van der Waals surface area contributed by atoms with Gasteiger partial charge in [-0.15, -0.1) is 47.5 Å². The molecule has 0 aliphatic heterocycles. The molecule has 79 heavy (non-hydrogen) atoms. The Hall–Kier alpha value is -4.95. The number of halogens is 3. The second kappa shape index (κ2) is 40.3. The zero-order chi connectivity index (χ0) is 52.3. The summed E-state index contributed by atoms with van der Waals surface area (Å²) in [6.45, 7) is 9.86. The normalized spacial score (nSPS) is 9.82. The molecule has 10 aromatic rings. The van der Waals surface area contributed by atoms with Crippen LogP contribution in [0.2, 0.25) is 0 Å². The molecule has 0 unspecified atom stereocenters. The Kier molecular flexibility index (Phi) is 36.7. The SMILES string of the molecule is CCCCCCCCc1[c-]c(-n2cccn2)ccc1.CCc1[c-]c(-n2cccn2)c(F)cc1F.CCc1[c-]c(-n2cccn2)ccc1.CCc1[c-]c(-n2cccn2)ccc1C.FCc1[c-]c(-n2cncn2)cnc1.[Ir].[Ir].[Ir].[Ir].[Ir]. The van der Waals surface area contributed by atoms with E-state index >= 15 is 0 Å². The van der Waals surface area contributed by atoms with Crippen LogP contribution in [0, 0.1) is 48.9 Å². The molecule has 0 amide bonds. The fourth-order valence-electron chi connectivity index (χ4n) is 7.35. The van der Waals surface area contributed by atoms with Gasteiger partial charge in [-0.3, -0.25) is 27.5 Å². The van der Waals surface area contributed by atoms with E-state index in [1.165, 1.54) is 95.2 Å². The molecule has 6 aromatic heterocycles. The maximum atomic E-state index is 13.4. The zero-order valence-corrected chi connectivity index (χ0v) is 56.4. The van der Waals surface area contributed by atoms with Crippen molar-refractivity contribution < 1.29 is 114 Å². The third-order valence-corrected chi connectivity index (χ3v) is 11.4. The van der Waals surface area contributed by atoms with Crippen molar-refractivity contribution in [3.05, 3.63) is 229 Å². The van der Waals surface area contributed by atoms with E-state index in [1.54, 1.807) is 44.0 Å². The molecule has 20 heteroatoms. The molecule has 0 atom stereocenters. The largest absolute Gasteiger partial charge is 0.388 e. The van der Waals surface area contributed by atoms with Crippen LogP contribution < -0.4 is 0 Å². The van der Waals surface area contributed by atoms with Crippen LogP contribution in [0.3, 0.4) is 0 Å². The zero-order valence-electron chi connectivity index (χ0n) is 44.4. The molecule has 0 aliphatic carbocycles.